The molecule has 1 aliphatic heterocycles. The third kappa shape index (κ3) is 2.78. The van der Waals surface area contributed by atoms with Gasteiger partial charge in [0.05, 0.1) is 13.2 Å². The van der Waals surface area contributed by atoms with Crippen LogP contribution in [0.1, 0.15) is 31.9 Å². The van der Waals surface area contributed by atoms with Crippen LogP contribution in [0.2, 0.25) is 0 Å². The lowest BCUT2D eigenvalue weighted by Crippen LogP contribution is -2.29. The van der Waals surface area contributed by atoms with Gasteiger partial charge in [0.1, 0.15) is 11.5 Å². The molecule has 1 amide bonds. The smallest absolute Gasteiger partial charge is 0.223 e. The van der Waals surface area contributed by atoms with Crippen LogP contribution in [-0.2, 0) is 9.59 Å². The molecule has 0 N–H and O–H groups in total. The van der Waals surface area contributed by atoms with E-state index in [9.17, 15) is 9.59 Å². The van der Waals surface area contributed by atoms with Gasteiger partial charge in [0.25, 0.3) is 0 Å². The number of ether oxygens (including phenoxy) is 1. The van der Waals surface area contributed by atoms with Crippen molar-refractivity contribution in [1.29, 1.82) is 0 Å². The monoisotopic (exact) mass is 261 g/mol. The average Bonchev–Trinajstić information content (AvgIpc) is 2.80. The number of ketones is 1. The summed E-state index contributed by atoms with van der Waals surface area (Å²) in [5, 5.41) is 0. The highest BCUT2D eigenvalue weighted by atomic mass is 16.5. The highest BCUT2D eigenvalue weighted by Gasteiger charge is 2.35. The summed E-state index contributed by atoms with van der Waals surface area (Å²) >= 11 is 0. The third-order valence-electron chi connectivity index (χ3n) is 3.80. The normalized spacial score (nSPS) is 20.5. The second-order valence-corrected chi connectivity index (χ2v) is 5.01. The Kier molecular flexibility index (Phi) is 3.88. The summed E-state index contributed by atoms with van der Waals surface area (Å²) in [4.78, 5) is 25.1. The van der Waals surface area contributed by atoms with Gasteiger partial charge in [-0.25, -0.2) is 0 Å². The number of amides is 1. The van der Waals surface area contributed by atoms with Gasteiger partial charge in [-0.2, -0.15) is 0 Å². The van der Waals surface area contributed by atoms with E-state index in [1.807, 2.05) is 31.2 Å². The Labute approximate surface area is 113 Å². The van der Waals surface area contributed by atoms with Crippen LogP contribution in [0.3, 0.4) is 0 Å². The molecular formula is C15H19NO3. The number of nitrogens with zero attached hydrogens (tertiary/aromatic N) is 1. The van der Waals surface area contributed by atoms with E-state index in [-0.39, 0.29) is 23.7 Å². The molecule has 1 heterocycles. The van der Waals surface area contributed by atoms with Gasteiger partial charge >= 0.3 is 0 Å². The predicted molar refractivity (Wildman–Crippen MR) is 71.9 cm³/mol. The summed E-state index contributed by atoms with van der Waals surface area (Å²) in [5.41, 5.74) is 1.05. The van der Waals surface area contributed by atoms with Crippen LogP contribution in [0.4, 0.5) is 0 Å². The molecule has 0 spiro atoms. The lowest BCUT2D eigenvalue weighted by molar-refractivity contribution is -0.129. The van der Waals surface area contributed by atoms with Crippen LogP contribution >= 0.6 is 0 Å². The van der Waals surface area contributed by atoms with Gasteiger partial charge in [-0.3, -0.25) is 9.59 Å². The van der Waals surface area contributed by atoms with Gasteiger partial charge in [0, 0.05) is 18.9 Å². The van der Waals surface area contributed by atoms with Gasteiger partial charge in [0.2, 0.25) is 5.91 Å². The number of likely N-dealkylation sites (tertiary alicyclic amines) is 1. The van der Waals surface area contributed by atoms with E-state index in [2.05, 4.69) is 0 Å². The Bertz CT molecular complexity index is 481. The van der Waals surface area contributed by atoms with E-state index in [0.29, 0.717) is 13.0 Å². The molecule has 0 saturated carbocycles. The molecule has 1 aromatic carbocycles. The molecule has 0 bridgehead atoms. The molecule has 4 heteroatoms. The molecule has 102 valence electrons. The third-order valence-corrected chi connectivity index (χ3v) is 3.80. The van der Waals surface area contributed by atoms with Gasteiger partial charge in [-0.15, -0.1) is 0 Å². The van der Waals surface area contributed by atoms with Gasteiger partial charge in [-0.1, -0.05) is 12.1 Å². The van der Waals surface area contributed by atoms with Crippen molar-refractivity contribution < 1.29 is 14.3 Å². The van der Waals surface area contributed by atoms with E-state index < -0.39 is 0 Å². The average molecular weight is 261 g/mol. The Hall–Kier alpha value is -1.84. The van der Waals surface area contributed by atoms with Crippen molar-refractivity contribution in [3.05, 3.63) is 29.8 Å². The number of hydrogen-bond donors (Lipinski definition) is 0. The maximum Gasteiger partial charge on any atom is 0.223 e. The van der Waals surface area contributed by atoms with E-state index >= 15 is 0 Å². The van der Waals surface area contributed by atoms with Gasteiger partial charge in [-0.05, 0) is 31.5 Å². The quantitative estimate of drug-likeness (QED) is 0.834. The summed E-state index contributed by atoms with van der Waals surface area (Å²) < 4.78 is 5.12. The fraction of sp³-hybridized carbons (Fsp3) is 0.467. The fourth-order valence-electron chi connectivity index (χ4n) is 2.44. The molecule has 2 rings (SSSR count). The van der Waals surface area contributed by atoms with Crippen molar-refractivity contribution in [3.63, 3.8) is 0 Å². The summed E-state index contributed by atoms with van der Waals surface area (Å²) in [6.07, 6.45) is 0.343. The first kappa shape index (κ1) is 13.6. The molecule has 1 fully saturated rings. The Morgan fingerprint density at radius 2 is 2.00 bits per heavy atom. The number of carbonyl (C=O) groups excluding carboxylic acids is 2. The van der Waals surface area contributed by atoms with E-state index in [1.54, 1.807) is 18.9 Å². The molecule has 0 aliphatic carbocycles. The van der Waals surface area contributed by atoms with Crippen molar-refractivity contribution >= 4 is 11.7 Å². The standard InChI is InChI=1S/C15H19NO3/c1-10(12-4-6-14(19-3)7-5-12)16-9-13(11(2)17)8-15(16)18/h4-7,10,13H,8-9H2,1-3H3. The van der Waals surface area contributed by atoms with E-state index in [0.717, 1.165) is 11.3 Å². The second kappa shape index (κ2) is 5.43. The van der Waals surface area contributed by atoms with Crippen LogP contribution < -0.4 is 4.74 Å². The summed E-state index contributed by atoms with van der Waals surface area (Å²) in [6, 6.07) is 7.67. The number of hydrogen-bond acceptors (Lipinski definition) is 3. The maximum absolute atomic E-state index is 12.0. The lowest BCUT2D eigenvalue weighted by atomic mass is 10.0. The second-order valence-electron chi connectivity index (χ2n) is 5.01. The molecule has 4 nitrogen and oxygen atoms in total. The van der Waals surface area contributed by atoms with Crippen LogP contribution in [0.15, 0.2) is 24.3 Å². The Morgan fingerprint density at radius 1 is 1.37 bits per heavy atom. The number of benzene rings is 1. The van der Waals surface area contributed by atoms with Gasteiger partial charge < -0.3 is 9.64 Å². The molecule has 2 unspecified atom stereocenters. The summed E-state index contributed by atoms with van der Waals surface area (Å²) in [5.74, 6) is 0.805. The van der Waals surface area contributed by atoms with Crippen molar-refractivity contribution in [2.24, 2.45) is 5.92 Å². The predicted octanol–water partition coefficient (Wildman–Crippen LogP) is 2.19. The summed E-state index contributed by atoms with van der Waals surface area (Å²) in [7, 11) is 1.62. The van der Waals surface area contributed by atoms with E-state index in [4.69, 9.17) is 4.74 Å². The van der Waals surface area contributed by atoms with Crippen LogP contribution in [-0.4, -0.2) is 30.2 Å². The first-order chi connectivity index (χ1) is 9.02. The molecule has 0 radical (unpaired) electrons. The molecule has 1 aliphatic rings. The zero-order valence-corrected chi connectivity index (χ0v) is 11.6. The molecule has 19 heavy (non-hydrogen) atoms. The minimum Gasteiger partial charge on any atom is -0.497 e. The van der Waals surface area contributed by atoms with Crippen LogP contribution in [0.25, 0.3) is 0 Å². The zero-order valence-electron chi connectivity index (χ0n) is 11.6. The topological polar surface area (TPSA) is 46.6 Å². The Balaban J connectivity index is 2.12. The van der Waals surface area contributed by atoms with Crippen LogP contribution in [0.5, 0.6) is 5.75 Å². The number of Topliss-reactive ketones (excluding diaryl/α,β-unsaturated/α-hetero) is 1. The SMILES string of the molecule is COc1ccc(C(C)N2CC(C(C)=O)CC2=O)cc1. The molecule has 1 saturated heterocycles. The first-order valence-electron chi connectivity index (χ1n) is 6.46. The van der Waals surface area contributed by atoms with Gasteiger partial charge in [0.15, 0.2) is 0 Å². The largest absolute Gasteiger partial charge is 0.497 e. The van der Waals surface area contributed by atoms with Crippen molar-refractivity contribution in [3.8, 4) is 5.75 Å². The minimum atomic E-state index is -0.145. The Morgan fingerprint density at radius 3 is 2.47 bits per heavy atom. The highest BCUT2D eigenvalue weighted by molar-refractivity contribution is 5.89. The minimum absolute atomic E-state index is 0.0113. The van der Waals surface area contributed by atoms with E-state index in [1.165, 1.54) is 0 Å². The molecular weight excluding hydrogens is 242 g/mol. The molecule has 2 atom stereocenters. The first-order valence-corrected chi connectivity index (χ1v) is 6.46. The van der Waals surface area contributed by atoms with Crippen LogP contribution in [0, 0.1) is 5.92 Å². The number of rotatable bonds is 4. The fourth-order valence-corrected chi connectivity index (χ4v) is 2.44. The maximum atomic E-state index is 12.0. The lowest BCUT2D eigenvalue weighted by Gasteiger charge is -2.25. The summed E-state index contributed by atoms with van der Waals surface area (Å²) in [6.45, 7) is 4.07. The molecule has 0 aromatic heterocycles. The zero-order chi connectivity index (χ0) is 14.0. The highest BCUT2D eigenvalue weighted by Crippen LogP contribution is 2.29. The van der Waals surface area contributed by atoms with Crippen molar-refractivity contribution in [2.45, 2.75) is 26.3 Å². The van der Waals surface area contributed by atoms with Crippen molar-refractivity contribution in [1.82, 2.24) is 4.90 Å². The number of methoxy groups -OCH3 is 1. The van der Waals surface area contributed by atoms with Crippen molar-refractivity contribution in [2.75, 3.05) is 13.7 Å². The molecule has 1 aromatic rings. The number of carbonyl (C=O) groups is 2.